The highest BCUT2D eigenvalue weighted by Gasteiger charge is 2.43. The molecule has 2 fully saturated rings. The number of sulfone groups is 1. The summed E-state index contributed by atoms with van der Waals surface area (Å²) in [7, 11) is -3.63. The minimum Gasteiger partial charge on any atom is -0.494 e. The monoisotopic (exact) mass is 444 g/mol. The molecule has 2 aliphatic rings. The molecule has 0 spiro atoms. The fourth-order valence-electron chi connectivity index (χ4n) is 3.73. The van der Waals surface area contributed by atoms with Crippen LogP contribution in [0, 0.1) is 0 Å². The lowest BCUT2D eigenvalue weighted by atomic mass is 9.95. The maximum absolute atomic E-state index is 12.4. The quantitative estimate of drug-likeness (QED) is 0.479. The van der Waals surface area contributed by atoms with Crippen molar-refractivity contribution in [3.05, 3.63) is 77.9 Å². The third-order valence-corrected chi connectivity index (χ3v) is 6.71. The Bertz CT molecular complexity index is 991. The first-order valence-electron chi connectivity index (χ1n) is 10.1. The van der Waals surface area contributed by atoms with Crippen LogP contribution in [0.5, 0.6) is 0 Å². The van der Waals surface area contributed by atoms with Crippen molar-refractivity contribution in [2.45, 2.75) is 48.4 Å². The van der Waals surface area contributed by atoms with Crippen molar-refractivity contribution in [2.24, 2.45) is 0 Å². The number of fused-ring (bicyclic) bond motifs is 1. The molecule has 0 bridgehead atoms. The summed E-state index contributed by atoms with van der Waals surface area (Å²) < 4.78 is 48.5. The molecule has 0 N–H and O–H groups in total. The number of hydrogen-bond acceptors (Lipinski definition) is 7. The van der Waals surface area contributed by atoms with Crippen LogP contribution in [-0.4, -0.2) is 45.7 Å². The Balaban J connectivity index is 1.44. The molecular formula is C23H24O7S. The average molecular weight is 445 g/mol. The van der Waals surface area contributed by atoms with Gasteiger partial charge in [0.1, 0.15) is 24.6 Å². The van der Waals surface area contributed by atoms with Gasteiger partial charge < -0.3 is 23.7 Å². The van der Waals surface area contributed by atoms with E-state index < -0.39 is 28.3 Å². The second-order valence-electron chi connectivity index (χ2n) is 7.41. The molecular weight excluding hydrogens is 420 g/mol. The van der Waals surface area contributed by atoms with Gasteiger partial charge in [0.25, 0.3) is 0 Å². The zero-order valence-corrected chi connectivity index (χ0v) is 17.6. The van der Waals surface area contributed by atoms with Crippen LogP contribution in [0.4, 0.5) is 0 Å². The van der Waals surface area contributed by atoms with Crippen LogP contribution in [0.2, 0.25) is 0 Å². The Morgan fingerprint density at radius 3 is 2.39 bits per heavy atom. The van der Waals surface area contributed by atoms with E-state index in [1.165, 1.54) is 12.1 Å². The van der Waals surface area contributed by atoms with E-state index in [4.69, 9.17) is 18.9 Å². The van der Waals surface area contributed by atoms with Gasteiger partial charge in [0, 0.05) is 18.4 Å². The predicted octanol–water partition coefficient (Wildman–Crippen LogP) is 3.18. The van der Waals surface area contributed by atoms with Gasteiger partial charge in [-0.25, -0.2) is 8.42 Å². The number of carbonyl (C=O) groups is 1. The van der Waals surface area contributed by atoms with Gasteiger partial charge in [-0.1, -0.05) is 48.5 Å². The molecule has 0 radical (unpaired) electrons. The molecule has 2 heterocycles. The van der Waals surface area contributed by atoms with E-state index in [0.717, 1.165) is 23.5 Å². The largest absolute Gasteiger partial charge is 0.494 e. The molecule has 31 heavy (non-hydrogen) atoms. The number of hydrogen-bond donors (Lipinski definition) is 0. The first kappa shape index (κ1) is 21.7. The lowest BCUT2D eigenvalue weighted by Gasteiger charge is -2.44. The molecule has 4 rings (SSSR count). The van der Waals surface area contributed by atoms with Crippen molar-refractivity contribution in [2.75, 3.05) is 6.61 Å². The number of benzene rings is 2. The van der Waals surface area contributed by atoms with Gasteiger partial charge in [0.15, 0.2) is 6.29 Å². The van der Waals surface area contributed by atoms with Gasteiger partial charge in [-0.05, 0) is 12.1 Å². The summed E-state index contributed by atoms with van der Waals surface area (Å²) in [6.07, 6.45) is 0.342. The normalized spacial score (nSPS) is 28.7. The third kappa shape index (κ3) is 5.22. The van der Waals surface area contributed by atoms with Gasteiger partial charge in [0.05, 0.1) is 29.3 Å². The Morgan fingerprint density at radius 1 is 0.968 bits per heavy atom. The van der Waals surface area contributed by atoms with Crippen LogP contribution in [0.15, 0.2) is 77.2 Å². The SMILES string of the molecule is O=CC[C@@H]1O[C@@H]2COC(c3ccccc3)O[C@H]2C[C@H]1O/C=C/S(=O)(=O)c1ccccc1. The van der Waals surface area contributed by atoms with Crippen molar-refractivity contribution >= 4 is 16.1 Å². The fraction of sp³-hybridized carbons (Fsp3) is 0.348. The topological polar surface area (TPSA) is 88.1 Å². The van der Waals surface area contributed by atoms with Gasteiger partial charge in [-0.2, -0.15) is 0 Å². The molecule has 2 aliphatic heterocycles. The summed E-state index contributed by atoms with van der Waals surface area (Å²) in [6, 6.07) is 17.7. The summed E-state index contributed by atoms with van der Waals surface area (Å²) in [5.74, 6) is 0. The van der Waals surface area contributed by atoms with E-state index in [9.17, 15) is 13.2 Å². The van der Waals surface area contributed by atoms with E-state index in [-0.39, 0.29) is 23.5 Å². The molecule has 1 unspecified atom stereocenters. The highest BCUT2D eigenvalue weighted by atomic mass is 32.2. The predicted molar refractivity (Wildman–Crippen MR) is 112 cm³/mol. The number of carbonyl (C=O) groups excluding carboxylic acids is 1. The molecule has 164 valence electrons. The third-order valence-electron chi connectivity index (χ3n) is 5.31. The summed E-state index contributed by atoms with van der Waals surface area (Å²) in [6.45, 7) is 0.338. The van der Waals surface area contributed by atoms with Crippen LogP contribution in [0.3, 0.4) is 0 Å². The summed E-state index contributed by atoms with van der Waals surface area (Å²) in [4.78, 5) is 11.3. The molecule has 8 heteroatoms. The lowest BCUT2D eigenvalue weighted by molar-refractivity contribution is -0.301. The van der Waals surface area contributed by atoms with Crippen molar-refractivity contribution in [1.29, 1.82) is 0 Å². The average Bonchev–Trinajstić information content (AvgIpc) is 2.80. The minimum atomic E-state index is -3.63. The highest BCUT2D eigenvalue weighted by Crippen LogP contribution is 2.35. The maximum atomic E-state index is 12.4. The smallest absolute Gasteiger partial charge is 0.202 e. The van der Waals surface area contributed by atoms with Gasteiger partial charge in [0.2, 0.25) is 9.84 Å². The molecule has 7 nitrogen and oxygen atoms in total. The van der Waals surface area contributed by atoms with Crippen LogP contribution in [0.25, 0.3) is 0 Å². The van der Waals surface area contributed by atoms with E-state index in [0.29, 0.717) is 13.0 Å². The number of ether oxygens (including phenoxy) is 4. The summed E-state index contributed by atoms with van der Waals surface area (Å²) >= 11 is 0. The Kier molecular flexibility index (Phi) is 6.82. The molecule has 0 amide bonds. The van der Waals surface area contributed by atoms with Crippen molar-refractivity contribution < 1.29 is 32.2 Å². The summed E-state index contributed by atoms with van der Waals surface area (Å²) in [5, 5.41) is 1.02. The number of aldehydes is 1. The molecule has 2 aromatic carbocycles. The molecule has 0 aromatic heterocycles. The van der Waals surface area contributed by atoms with Crippen LogP contribution < -0.4 is 0 Å². The standard InChI is InChI=1S/C23H24O7S/c24-12-11-19-20(27-13-14-31(25,26)18-9-5-2-6-10-18)15-21-22(29-19)16-28-23(30-21)17-7-3-1-4-8-17/h1-10,12-14,19-23H,11,15-16H2/b14-13+/t19-,20+,21-,22+,23?/m0/s1. The van der Waals surface area contributed by atoms with Crippen LogP contribution in [0.1, 0.15) is 24.7 Å². The minimum absolute atomic E-state index is 0.134. The van der Waals surface area contributed by atoms with Gasteiger partial charge in [-0.3, -0.25) is 0 Å². The lowest BCUT2D eigenvalue weighted by Crippen LogP contribution is -2.53. The highest BCUT2D eigenvalue weighted by molar-refractivity contribution is 7.94. The first-order valence-corrected chi connectivity index (χ1v) is 11.6. The molecule has 2 saturated heterocycles. The Hall–Kier alpha value is -2.52. The second-order valence-corrected chi connectivity index (χ2v) is 9.24. The van der Waals surface area contributed by atoms with Crippen LogP contribution in [-0.2, 0) is 33.6 Å². The van der Waals surface area contributed by atoms with Crippen LogP contribution >= 0.6 is 0 Å². The van der Waals surface area contributed by atoms with Crippen molar-refractivity contribution in [3.8, 4) is 0 Å². The summed E-state index contributed by atoms with van der Waals surface area (Å²) in [5.41, 5.74) is 0.905. The Morgan fingerprint density at radius 2 is 1.68 bits per heavy atom. The molecule has 5 atom stereocenters. The zero-order chi connectivity index (χ0) is 21.7. The molecule has 0 aliphatic carbocycles. The molecule has 0 saturated carbocycles. The van der Waals surface area contributed by atoms with E-state index in [1.54, 1.807) is 18.2 Å². The second kappa shape index (κ2) is 9.74. The first-order chi connectivity index (χ1) is 15.1. The number of rotatable bonds is 7. The van der Waals surface area contributed by atoms with E-state index in [1.807, 2.05) is 30.3 Å². The van der Waals surface area contributed by atoms with Crippen molar-refractivity contribution in [1.82, 2.24) is 0 Å². The fourth-order valence-corrected chi connectivity index (χ4v) is 4.63. The molecule has 2 aromatic rings. The van der Waals surface area contributed by atoms with Gasteiger partial charge in [-0.15, -0.1) is 0 Å². The van der Waals surface area contributed by atoms with E-state index in [2.05, 4.69) is 0 Å². The zero-order valence-electron chi connectivity index (χ0n) is 16.8. The van der Waals surface area contributed by atoms with Gasteiger partial charge >= 0.3 is 0 Å². The Labute approximate surface area is 181 Å². The van der Waals surface area contributed by atoms with E-state index >= 15 is 0 Å². The van der Waals surface area contributed by atoms with Crippen molar-refractivity contribution in [3.63, 3.8) is 0 Å². The maximum Gasteiger partial charge on any atom is 0.202 e.